The van der Waals surface area contributed by atoms with Gasteiger partial charge in [0.1, 0.15) is 0 Å². The molecule has 0 spiro atoms. The van der Waals surface area contributed by atoms with Gasteiger partial charge in [0.25, 0.3) is 0 Å². The highest BCUT2D eigenvalue weighted by Gasteiger charge is 2.23. The third-order valence-electron chi connectivity index (χ3n) is 4.14. The minimum atomic E-state index is -0.210. The lowest BCUT2D eigenvalue weighted by atomic mass is 10.1. The largest absolute Gasteiger partial charge is 0.463 e. The molecule has 0 saturated heterocycles. The molecule has 0 aliphatic carbocycles. The summed E-state index contributed by atoms with van der Waals surface area (Å²) < 4.78 is 11.2. The number of carbonyl (C=O) groups excluding carboxylic acids is 1. The van der Waals surface area contributed by atoms with Gasteiger partial charge in [-0.25, -0.2) is 0 Å². The summed E-state index contributed by atoms with van der Waals surface area (Å²) in [5.41, 5.74) is 2.20. The molecule has 1 heterocycles. The van der Waals surface area contributed by atoms with E-state index in [1.54, 1.807) is 0 Å². The standard InChI is InChI=1S/C20H23NO3/c1-15(23-16(2)22)9-7-8-14-21-17-10-3-5-12-19(17)24-20-13-6-4-11-18(20)21/h3-6,10-13,15H,7-9,14H2,1-2H3/t15-/m1/s1. The van der Waals surface area contributed by atoms with Gasteiger partial charge < -0.3 is 14.4 Å². The molecule has 126 valence electrons. The van der Waals surface area contributed by atoms with Gasteiger partial charge in [0.15, 0.2) is 11.5 Å². The van der Waals surface area contributed by atoms with Crippen molar-refractivity contribution in [1.82, 2.24) is 0 Å². The molecule has 0 amide bonds. The van der Waals surface area contributed by atoms with E-state index in [0.29, 0.717) is 0 Å². The molecule has 1 aliphatic rings. The molecule has 0 aromatic heterocycles. The highest BCUT2D eigenvalue weighted by Crippen LogP contribution is 2.46. The van der Waals surface area contributed by atoms with Crippen LogP contribution in [0.4, 0.5) is 11.4 Å². The van der Waals surface area contributed by atoms with Crippen molar-refractivity contribution in [3.63, 3.8) is 0 Å². The minimum Gasteiger partial charge on any atom is -0.463 e. The Morgan fingerprint density at radius 2 is 1.62 bits per heavy atom. The Bertz CT molecular complexity index is 668. The van der Waals surface area contributed by atoms with E-state index >= 15 is 0 Å². The van der Waals surface area contributed by atoms with Crippen LogP contribution in [-0.4, -0.2) is 18.6 Å². The molecule has 4 heteroatoms. The normalized spacial score (nSPS) is 13.5. The summed E-state index contributed by atoms with van der Waals surface area (Å²) in [5, 5.41) is 0. The number of nitrogens with zero attached hydrogens (tertiary/aromatic N) is 1. The minimum absolute atomic E-state index is 0.0215. The molecule has 0 fully saturated rings. The molecule has 24 heavy (non-hydrogen) atoms. The van der Waals surface area contributed by atoms with E-state index in [1.165, 1.54) is 6.92 Å². The Balaban J connectivity index is 1.66. The molecule has 0 unspecified atom stereocenters. The van der Waals surface area contributed by atoms with Crippen LogP contribution in [0.3, 0.4) is 0 Å². The van der Waals surface area contributed by atoms with Crippen molar-refractivity contribution in [3.8, 4) is 11.5 Å². The molecule has 3 rings (SSSR count). The maximum Gasteiger partial charge on any atom is 0.302 e. The molecule has 0 N–H and O–H groups in total. The lowest BCUT2D eigenvalue weighted by molar-refractivity contribution is -0.145. The molecule has 1 aliphatic heterocycles. The number of fused-ring (bicyclic) bond motifs is 2. The highest BCUT2D eigenvalue weighted by molar-refractivity contribution is 5.77. The molecule has 0 saturated carbocycles. The molecular weight excluding hydrogens is 302 g/mol. The van der Waals surface area contributed by atoms with Crippen LogP contribution in [0.2, 0.25) is 0 Å². The Labute approximate surface area is 143 Å². The van der Waals surface area contributed by atoms with Crippen molar-refractivity contribution in [2.45, 2.75) is 39.2 Å². The van der Waals surface area contributed by atoms with Gasteiger partial charge >= 0.3 is 5.97 Å². The van der Waals surface area contributed by atoms with Crippen molar-refractivity contribution in [3.05, 3.63) is 48.5 Å². The molecule has 2 aromatic carbocycles. The van der Waals surface area contributed by atoms with E-state index in [2.05, 4.69) is 17.0 Å². The molecule has 1 atom stereocenters. The number of benzene rings is 2. The van der Waals surface area contributed by atoms with E-state index in [9.17, 15) is 4.79 Å². The smallest absolute Gasteiger partial charge is 0.302 e. The zero-order valence-corrected chi connectivity index (χ0v) is 14.2. The first-order chi connectivity index (χ1) is 11.6. The first-order valence-corrected chi connectivity index (χ1v) is 8.46. The second-order valence-electron chi connectivity index (χ2n) is 6.10. The SMILES string of the molecule is CC(=O)O[C@H](C)CCCCN1c2ccccc2Oc2ccccc21. The van der Waals surface area contributed by atoms with E-state index in [0.717, 1.165) is 48.7 Å². The van der Waals surface area contributed by atoms with Crippen LogP contribution in [0.1, 0.15) is 33.1 Å². The average Bonchev–Trinajstić information content (AvgIpc) is 2.57. The summed E-state index contributed by atoms with van der Waals surface area (Å²) >= 11 is 0. The Morgan fingerprint density at radius 1 is 1.04 bits per heavy atom. The summed E-state index contributed by atoms with van der Waals surface area (Å²) in [7, 11) is 0. The Kier molecular flexibility index (Phi) is 5.04. The van der Waals surface area contributed by atoms with Gasteiger partial charge in [-0.2, -0.15) is 0 Å². The van der Waals surface area contributed by atoms with Crippen molar-refractivity contribution in [2.24, 2.45) is 0 Å². The lowest BCUT2D eigenvalue weighted by Gasteiger charge is -2.32. The van der Waals surface area contributed by atoms with Gasteiger partial charge in [-0.3, -0.25) is 4.79 Å². The van der Waals surface area contributed by atoms with Crippen LogP contribution in [0.15, 0.2) is 48.5 Å². The monoisotopic (exact) mass is 325 g/mol. The van der Waals surface area contributed by atoms with Crippen LogP contribution >= 0.6 is 0 Å². The Morgan fingerprint density at radius 3 is 2.21 bits per heavy atom. The predicted octanol–water partition coefficient (Wildman–Crippen LogP) is 5.05. The summed E-state index contributed by atoms with van der Waals surface area (Å²) in [4.78, 5) is 13.3. The van der Waals surface area contributed by atoms with Gasteiger partial charge in [0, 0.05) is 13.5 Å². The summed E-state index contributed by atoms with van der Waals surface area (Å²) in [6.45, 7) is 4.31. The summed E-state index contributed by atoms with van der Waals surface area (Å²) in [6, 6.07) is 16.2. The zero-order valence-electron chi connectivity index (χ0n) is 14.2. The number of carbonyl (C=O) groups is 1. The van der Waals surface area contributed by atoms with Gasteiger partial charge in [-0.05, 0) is 50.5 Å². The maximum atomic E-state index is 11.0. The van der Waals surface area contributed by atoms with E-state index in [1.807, 2.05) is 43.3 Å². The number of hydrogen-bond acceptors (Lipinski definition) is 4. The third-order valence-corrected chi connectivity index (χ3v) is 4.14. The summed E-state index contributed by atoms with van der Waals surface area (Å²) in [6.07, 6.45) is 2.89. The number of hydrogen-bond donors (Lipinski definition) is 0. The number of anilines is 2. The predicted molar refractivity (Wildman–Crippen MR) is 95.0 cm³/mol. The van der Waals surface area contributed by atoms with Gasteiger partial charge in [0.2, 0.25) is 0 Å². The highest BCUT2D eigenvalue weighted by atomic mass is 16.5. The van der Waals surface area contributed by atoms with Gasteiger partial charge in [0.05, 0.1) is 17.5 Å². The average molecular weight is 325 g/mol. The van der Waals surface area contributed by atoms with Crippen LogP contribution < -0.4 is 9.64 Å². The van der Waals surface area contributed by atoms with Crippen molar-refractivity contribution >= 4 is 17.3 Å². The van der Waals surface area contributed by atoms with Crippen LogP contribution in [0.5, 0.6) is 11.5 Å². The number of rotatable bonds is 6. The van der Waals surface area contributed by atoms with Gasteiger partial charge in [-0.15, -0.1) is 0 Å². The fourth-order valence-corrected chi connectivity index (χ4v) is 3.07. The third kappa shape index (κ3) is 3.70. The molecule has 0 bridgehead atoms. The Hall–Kier alpha value is -2.49. The van der Waals surface area contributed by atoms with Crippen molar-refractivity contribution in [2.75, 3.05) is 11.4 Å². The zero-order chi connectivity index (χ0) is 16.9. The maximum absolute atomic E-state index is 11.0. The first kappa shape index (κ1) is 16.4. The van der Waals surface area contributed by atoms with E-state index in [-0.39, 0.29) is 12.1 Å². The van der Waals surface area contributed by atoms with E-state index in [4.69, 9.17) is 9.47 Å². The number of esters is 1. The van der Waals surface area contributed by atoms with Crippen LogP contribution in [-0.2, 0) is 9.53 Å². The summed E-state index contributed by atoms with van der Waals surface area (Å²) in [5.74, 6) is 1.58. The van der Waals surface area contributed by atoms with Gasteiger partial charge in [-0.1, -0.05) is 24.3 Å². The first-order valence-electron chi connectivity index (χ1n) is 8.46. The van der Waals surface area contributed by atoms with Crippen LogP contribution in [0, 0.1) is 0 Å². The second kappa shape index (κ2) is 7.39. The quantitative estimate of drug-likeness (QED) is 0.550. The van der Waals surface area contributed by atoms with Crippen molar-refractivity contribution in [1.29, 1.82) is 0 Å². The lowest BCUT2D eigenvalue weighted by Crippen LogP contribution is -2.22. The molecule has 0 radical (unpaired) electrons. The fourth-order valence-electron chi connectivity index (χ4n) is 3.07. The second-order valence-corrected chi connectivity index (χ2v) is 6.10. The molecule has 4 nitrogen and oxygen atoms in total. The van der Waals surface area contributed by atoms with Crippen LogP contribution in [0.25, 0.3) is 0 Å². The number of ether oxygens (including phenoxy) is 2. The molecule has 2 aromatic rings. The van der Waals surface area contributed by atoms with E-state index < -0.39 is 0 Å². The number of unbranched alkanes of at least 4 members (excludes halogenated alkanes) is 1. The topological polar surface area (TPSA) is 38.8 Å². The number of para-hydroxylation sites is 4. The molecular formula is C20H23NO3. The fraction of sp³-hybridized carbons (Fsp3) is 0.350. The van der Waals surface area contributed by atoms with Crippen molar-refractivity contribution < 1.29 is 14.3 Å².